The van der Waals surface area contributed by atoms with E-state index in [0.717, 1.165) is 0 Å². The molecule has 7 nitrogen and oxygen atoms in total. The second kappa shape index (κ2) is 6.65. The SMILES string of the molecule is CCC[C@@H](NC(=O)c1ccc([N+](=O)[O-])cc1C)C(=O)O. The van der Waals surface area contributed by atoms with Gasteiger partial charge in [-0.2, -0.15) is 0 Å². The number of carbonyl (C=O) groups is 2. The lowest BCUT2D eigenvalue weighted by Crippen LogP contribution is -2.40. The summed E-state index contributed by atoms with van der Waals surface area (Å²) in [6.07, 6.45) is 0.948. The van der Waals surface area contributed by atoms with Gasteiger partial charge < -0.3 is 10.4 Å². The zero-order chi connectivity index (χ0) is 15.3. The van der Waals surface area contributed by atoms with E-state index in [1.54, 1.807) is 6.92 Å². The average Bonchev–Trinajstić information content (AvgIpc) is 2.37. The number of amides is 1. The fraction of sp³-hybridized carbons (Fsp3) is 0.385. The summed E-state index contributed by atoms with van der Waals surface area (Å²) < 4.78 is 0. The molecule has 0 bridgehead atoms. The van der Waals surface area contributed by atoms with E-state index in [1.165, 1.54) is 18.2 Å². The van der Waals surface area contributed by atoms with Crippen LogP contribution in [0.1, 0.15) is 35.7 Å². The van der Waals surface area contributed by atoms with Crippen LogP contribution < -0.4 is 5.32 Å². The first-order valence-corrected chi connectivity index (χ1v) is 6.15. The molecule has 0 aliphatic heterocycles. The van der Waals surface area contributed by atoms with Crippen molar-refractivity contribution < 1.29 is 19.6 Å². The molecule has 7 heteroatoms. The second-order valence-electron chi connectivity index (χ2n) is 4.41. The molecule has 1 aromatic rings. The quantitative estimate of drug-likeness (QED) is 0.610. The summed E-state index contributed by atoms with van der Waals surface area (Å²) in [5.74, 6) is -1.64. The van der Waals surface area contributed by atoms with E-state index in [-0.39, 0.29) is 11.3 Å². The molecule has 20 heavy (non-hydrogen) atoms. The van der Waals surface area contributed by atoms with Crippen LogP contribution in [-0.4, -0.2) is 27.9 Å². The Morgan fingerprint density at radius 1 is 1.45 bits per heavy atom. The number of aryl methyl sites for hydroxylation is 1. The number of hydrogen-bond acceptors (Lipinski definition) is 4. The van der Waals surface area contributed by atoms with Crippen LogP contribution in [-0.2, 0) is 4.79 Å². The molecule has 0 aliphatic carbocycles. The first-order chi connectivity index (χ1) is 9.36. The molecular formula is C13H16N2O5. The number of aliphatic carboxylic acids is 1. The fourth-order valence-corrected chi connectivity index (χ4v) is 1.80. The second-order valence-corrected chi connectivity index (χ2v) is 4.41. The predicted octanol–water partition coefficient (Wildman–Crippen LogP) is 1.89. The summed E-state index contributed by atoms with van der Waals surface area (Å²) in [4.78, 5) is 33.0. The number of nitro benzene ring substituents is 1. The van der Waals surface area contributed by atoms with Crippen molar-refractivity contribution in [2.24, 2.45) is 0 Å². The van der Waals surface area contributed by atoms with Gasteiger partial charge in [0.15, 0.2) is 0 Å². The largest absolute Gasteiger partial charge is 0.480 e. The van der Waals surface area contributed by atoms with Gasteiger partial charge >= 0.3 is 5.97 Å². The third-order valence-electron chi connectivity index (χ3n) is 2.85. The zero-order valence-electron chi connectivity index (χ0n) is 11.3. The van der Waals surface area contributed by atoms with E-state index in [9.17, 15) is 19.7 Å². The number of carboxylic acid groups (broad SMARTS) is 1. The lowest BCUT2D eigenvalue weighted by Gasteiger charge is -2.14. The Kier molecular flexibility index (Phi) is 5.19. The number of carboxylic acids is 1. The van der Waals surface area contributed by atoms with Crippen LogP contribution in [0.4, 0.5) is 5.69 Å². The van der Waals surface area contributed by atoms with Gasteiger partial charge in [0.05, 0.1) is 4.92 Å². The smallest absolute Gasteiger partial charge is 0.326 e. The Morgan fingerprint density at radius 3 is 2.55 bits per heavy atom. The summed E-state index contributed by atoms with van der Waals surface area (Å²) in [5, 5.41) is 22.0. The molecule has 1 atom stereocenters. The summed E-state index contributed by atoms with van der Waals surface area (Å²) in [5.41, 5.74) is 0.553. The summed E-state index contributed by atoms with van der Waals surface area (Å²) in [6, 6.07) is 2.87. The molecule has 0 aliphatic rings. The molecule has 2 N–H and O–H groups in total. The number of rotatable bonds is 6. The van der Waals surface area contributed by atoms with Crippen LogP contribution in [0.3, 0.4) is 0 Å². The Balaban J connectivity index is 2.92. The average molecular weight is 280 g/mol. The highest BCUT2D eigenvalue weighted by molar-refractivity contribution is 5.98. The molecule has 0 aromatic heterocycles. The first kappa shape index (κ1) is 15.6. The highest BCUT2D eigenvalue weighted by Crippen LogP contribution is 2.17. The maximum Gasteiger partial charge on any atom is 0.326 e. The van der Waals surface area contributed by atoms with Gasteiger partial charge in [-0.1, -0.05) is 13.3 Å². The van der Waals surface area contributed by atoms with Gasteiger partial charge in [-0.05, 0) is 25.0 Å². The molecule has 0 fully saturated rings. The van der Waals surface area contributed by atoms with Crippen molar-refractivity contribution in [2.75, 3.05) is 0 Å². The maximum absolute atomic E-state index is 12.0. The maximum atomic E-state index is 12.0. The summed E-state index contributed by atoms with van der Waals surface area (Å²) in [6.45, 7) is 3.39. The number of hydrogen-bond donors (Lipinski definition) is 2. The Bertz CT molecular complexity index is 542. The molecular weight excluding hydrogens is 264 g/mol. The molecule has 0 spiro atoms. The predicted molar refractivity (Wildman–Crippen MR) is 71.6 cm³/mol. The third kappa shape index (κ3) is 3.78. The Morgan fingerprint density at radius 2 is 2.10 bits per heavy atom. The van der Waals surface area contributed by atoms with E-state index in [2.05, 4.69) is 5.32 Å². The van der Waals surface area contributed by atoms with Gasteiger partial charge in [-0.25, -0.2) is 4.79 Å². The van der Waals surface area contributed by atoms with Gasteiger partial charge in [0.1, 0.15) is 6.04 Å². The minimum absolute atomic E-state index is 0.109. The standard InChI is InChI=1S/C13H16N2O5/c1-3-4-11(13(17)18)14-12(16)10-6-5-9(15(19)20)7-8(10)2/h5-7,11H,3-4H2,1-2H3,(H,14,16)(H,17,18)/t11-/m1/s1. The van der Waals surface area contributed by atoms with Crippen LogP contribution in [0, 0.1) is 17.0 Å². The summed E-state index contributed by atoms with van der Waals surface area (Å²) in [7, 11) is 0. The third-order valence-corrected chi connectivity index (χ3v) is 2.85. The number of non-ortho nitro benzene ring substituents is 1. The number of benzene rings is 1. The minimum atomic E-state index is -1.10. The molecule has 0 heterocycles. The van der Waals surface area contributed by atoms with Gasteiger partial charge in [0.2, 0.25) is 0 Å². The van der Waals surface area contributed by atoms with E-state index in [0.29, 0.717) is 18.4 Å². The minimum Gasteiger partial charge on any atom is -0.480 e. The molecule has 1 aromatic carbocycles. The van der Waals surface area contributed by atoms with E-state index in [4.69, 9.17) is 5.11 Å². The van der Waals surface area contributed by atoms with Gasteiger partial charge in [0, 0.05) is 17.7 Å². The van der Waals surface area contributed by atoms with Crippen LogP contribution in [0.2, 0.25) is 0 Å². The van der Waals surface area contributed by atoms with Crippen LogP contribution in [0.25, 0.3) is 0 Å². The van der Waals surface area contributed by atoms with Gasteiger partial charge in [-0.3, -0.25) is 14.9 Å². The Hall–Kier alpha value is -2.44. The zero-order valence-corrected chi connectivity index (χ0v) is 11.3. The van der Waals surface area contributed by atoms with Crippen molar-refractivity contribution in [1.82, 2.24) is 5.32 Å². The highest BCUT2D eigenvalue weighted by Gasteiger charge is 2.21. The van der Waals surface area contributed by atoms with Crippen molar-refractivity contribution in [3.05, 3.63) is 39.4 Å². The highest BCUT2D eigenvalue weighted by atomic mass is 16.6. The fourth-order valence-electron chi connectivity index (χ4n) is 1.80. The monoisotopic (exact) mass is 280 g/mol. The van der Waals surface area contributed by atoms with Crippen molar-refractivity contribution in [2.45, 2.75) is 32.7 Å². The lowest BCUT2D eigenvalue weighted by atomic mass is 10.1. The molecule has 1 rings (SSSR count). The summed E-state index contributed by atoms with van der Waals surface area (Å²) >= 11 is 0. The molecule has 0 saturated heterocycles. The number of nitrogens with zero attached hydrogens (tertiary/aromatic N) is 1. The topological polar surface area (TPSA) is 110 Å². The molecule has 0 radical (unpaired) electrons. The van der Waals surface area contributed by atoms with E-state index >= 15 is 0 Å². The van der Waals surface area contributed by atoms with Crippen molar-refractivity contribution >= 4 is 17.6 Å². The molecule has 108 valence electrons. The number of nitro groups is 1. The lowest BCUT2D eigenvalue weighted by molar-refractivity contribution is -0.384. The molecule has 1 amide bonds. The normalized spacial score (nSPS) is 11.7. The molecule has 0 unspecified atom stereocenters. The van der Waals surface area contributed by atoms with Crippen molar-refractivity contribution in [3.8, 4) is 0 Å². The van der Waals surface area contributed by atoms with Gasteiger partial charge in [0.25, 0.3) is 11.6 Å². The van der Waals surface area contributed by atoms with Crippen molar-refractivity contribution in [3.63, 3.8) is 0 Å². The first-order valence-electron chi connectivity index (χ1n) is 6.15. The van der Waals surface area contributed by atoms with Crippen LogP contribution >= 0.6 is 0 Å². The number of carbonyl (C=O) groups excluding carboxylic acids is 1. The number of nitrogens with one attached hydrogen (secondary N) is 1. The Labute approximate surface area is 115 Å². The van der Waals surface area contributed by atoms with Crippen LogP contribution in [0.5, 0.6) is 0 Å². The van der Waals surface area contributed by atoms with E-state index < -0.39 is 22.8 Å². The molecule has 0 saturated carbocycles. The van der Waals surface area contributed by atoms with Crippen LogP contribution in [0.15, 0.2) is 18.2 Å². The van der Waals surface area contributed by atoms with Gasteiger partial charge in [-0.15, -0.1) is 0 Å². The van der Waals surface area contributed by atoms with E-state index in [1.807, 2.05) is 6.92 Å². The van der Waals surface area contributed by atoms with Crippen molar-refractivity contribution in [1.29, 1.82) is 0 Å².